The average molecular weight is 428 g/mol. The van der Waals surface area contributed by atoms with Gasteiger partial charge in [0, 0.05) is 11.1 Å². The fourth-order valence-electron chi connectivity index (χ4n) is 2.74. The minimum Gasteiger partial charge on any atom is -0.468 e. The summed E-state index contributed by atoms with van der Waals surface area (Å²) < 4.78 is 11.0. The first kappa shape index (κ1) is 22.5. The van der Waals surface area contributed by atoms with Crippen LogP contribution < -0.4 is 16.0 Å². The van der Waals surface area contributed by atoms with Gasteiger partial charge in [-0.1, -0.05) is 18.1 Å². The number of rotatable bonds is 7. The highest BCUT2D eigenvalue weighted by molar-refractivity contribution is 6.00. The van der Waals surface area contributed by atoms with Crippen LogP contribution in [0.5, 0.6) is 5.88 Å². The third kappa shape index (κ3) is 5.68. The summed E-state index contributed by atoms with van der Waals surface area (Å²) in [4.78, 5) is 26.3. The van der Waals surface area contributed by atoms with Crippen molar-refractivity contribution in [2.45, 2.75) is 31.7 Å². The number of nitrogen functional groups attached to an aromatic ring is 1. The van der Waals surface area contributed by atoms with Crippen molar-refractivity contribution < 1.29 is 29.3 Å². The highest BCUT2D eigenvalue weighted by Gasteiger charge is 2.31. The van der Waals surface area contributed by atoms with E-state index in [0.717, 1.165) is 0 Å². The minimum absolute atomic E-state index is 0.0958. The van der Waals surface area contributed by atoms with Gasteiger partial charge in [0.25, 0.3) is 5.91 Å². The Labute approximate surface area is 179 Å². The van der Waals surface area contributed by atoms with E-state index in [4.69, 9.17) is 26.5 Å². The molecular formula is C21H24N4O6. The number of aliphatic hydroxyl groups is 2. The van der Waals surface area contributed by atoms with Crippen LogP contribution in [0.25, 0.3) is 11.4 Å². The Bertz CT molecular complexity index is 998. The molecule has 0 saturated carbocycles. The van der Waals surface area contributed by atoms with Gasteiger partial charge in [-0.15, -0.1) is 6.42 Å². The maximum atomic E-state index is 12.7. The molecule has 1 amide bonds. The molecule has 1 aliphatic heterocycles. The molecule has 31 heavy (non-hydrogen) atoms. The Balaban J connectivity index is 1.96. The third-order valence-corrected chi connectivity index (χ3v) is 4.27. The highest BCUT2D eigenvalue weighted by Crippen LogP contribution is 2.28. The number of nitrogens with zero attached hydrogens (tertiary/aromatic N) is 2. The van der Waals surface area contributed by atoms with Gasteiger partial charge in [-0.05, 0) is 26.0 Å². The Morgan fingerprint density at radius 3 is 2.84 bits per heavy atom. The quantitative estimate of drug-likeness (QED) is 0.360. The zero-order valence-electron chi connectivity index (χ0n) is 17.2. The van der Waals surface area contributed by atoms with Crippen LogP contribution in [0.1, 0.15) is 29.8 Å². The summed E-state index contributed by atoms with van der Waals surface area (Å²) in [5, 5.41) is 19.8. The zero-order chi connectivity index (χ0) is 22.6. The van der Waals surface area contributed by atoms with E-state index in [1.165, 1.54) is 13.8 Å². The van der Waals surface area contributed by atoms with Crippen molar-refractivity contribution in [2.24, 2.45) is 0 Å². The highest BCUT2D eigenvalue weighted by atomic mass is 16.7. The molecule has 164 valence electrons. The van der Waals surface area contributed by atoms with Crippen molar-refractivity contribution in [1.29, 1.82) is 0 Å². The van der Waals surface area contributed by atoms with Gasteiger partial charge in [0.05, 0.1) is 18.8 Å². The maximum Gasteiger partial charge on any atom is 0.284 e. The van der Waals surface area contributed by atoms with E-state index in [2.05, 4.69) is 21.4 Å². The molecule has 2 aromatic rings. The van der Waals surface area contributed by atoms with Gasteiger partial charge in [-0.3, -0.25) is 9.63 Å². The minimum atomic E-state index is -1.16. The topological polar surface area (TPSA) is 149 Å². The molecule has 0 unspecified atom stereocenters. The maximum absolute atomic E-state index is 12.7. The van der Waals surface area contributed by atoms with Gasteiger partial charge in [-0.2, -0.15) is 4.98 Å². The second kappa shape index (κ2) is 9.28. The molecule has 0 aliphatic carbocycles. The van der Waals surface area contributed by atoms with E-state index in [-0.39, 0.29) is 42.9 Å². The number of nitrogens with one attached hydrogen (secondary N) is 1. The van der Waals surface area contributed by atoms with Crippen molar-refractivity contribution >= 4 is 11.7 Å². The number of terminal acetylenes is 1. The van der Waals surface area contributed by atoms with Crippen molar-refractivity contribution in [2.75, 3.05) is 25.6 Å². The van der Waals surface area contributed by atoms with Gasteiger partial charge in [-0.25, -0.2) is 10.5 Å². The van der Waals surface area contributed by atoms with E-state index in [1.54, 1.807) is 24.3 Å². The second-order valence-electron chi connectivity index (χ2n) is 7.63. The van der Waals surface area contributed by atoms with Gasteiger partial charge in [0.2, 0.25) is 5.88 Å². The lowest BCUT2D eigenvalue weighted by atomic mass is 10.1. The summed E-state index contributed by atoms with van der Waals surface area (Å²) in [5.41, 5.74) is 8.11. The van der Waals surface area contributed by atoms with Crippen molar-refractivity contribution in [3.05, 3.63) is 35.4 Å². The molecule has 3 rings (SSSR count). The number of ether oxygens (including phenoxy) is 2. The Morgan fingerprint density at radius 1 is 1.42 bits per heavy atom. The van der Waals surface area contributed by atoms with E-state index >= 15 is 0 Å². The number of carbonyl (C=O) groups is 1. The number of anilines is 1. The Morgan fingerprint density at radius 2 is 2.19 bits per heavy atom. The first-order chi connectivity index (χ1) is 14.7. The predicted octanol–water partition coefficient (Wildman–Crippen LogP) is 0.278. The molecule has 0 radical (unpaired) electrons. The predicted molar refractivity (Wildman–Crippen MR) is 111 cm³/mol. The van der Waals surface area contributed by atoms with Crippen LogP contribution >= 0.6 is 0 Å². The SMILES string of the molecule is C#Cc1cccc(-c2nc(N)c(C(=O)NOCC(C)(C)O)c(O[C@@H]3COC[C@H]3O)n2)c1. The van der Waals surface area contributed by atoms with Crippen LogP contribution in [-0.2, 0) is 9.57 Å². The fourth-order valence-corrected chi connectivity index (χ4v) is 2.74. The number of carbonyl (C=O) groups excluding carboxylic acids is 1. The van der Waals surface area contributed by atoms with E-state index in [9.17, 15) is 15.0 Å². The molecular weight excluding hydrogens is 404 g/mol. The molecule has 0 bridgehead atoms. The van der Waals surface area contributed by atoms with Gasteiger partial charge >= 0.3 is 0 Å². The number of aliphatic hydroxyl groups excluding tert-OH is 1. The standard InChI is InChI=1S/C21H24N4O6/c1-4-12-6-5-7-13(8-12)18-23-17(22)16(19(27)25-30-11-21(2,3)28)20(24-18)31-15-10-29-9-14(15)26/h1,5-8,14-15,26,28H,9-11H2,2-3H3,(H,25,27)(H2,22,23,24)/t14-,15-/m1/s1. The van der Waals surface area contributed by atoms with Gasteiger partial charge in [0.15, 0.2) is 11.9 Å². The lowest BCUT2D eigenvalue weighted by Gasteiger charge is -2.20. The summed E-state index contributed by atoms with van der Waals surface area (Å²) in [6.07, 6.45) is 3.81. The molecule has 1 aliphatic rings. The Hall–Kier alpha value is -3.23. The number of aromatic nitrogens is 2. The van der Waals surface area contributed by atoms with Crippen LogP contribution in [0, 0.1) is 12.3 Å². The van der Waals surface area contributed by atoms with E-state index in [1.807, 2.05) is 0 Å². The normalized spacial score (nSPS) is 18.4. The summed E-state index contributed by atoms with van der Waals surface area (Å²) >= 11 is 0. The molecule has 1 fully saturated rings. The van der Waals surface area contributed by atoms with Crippen LogP contribution in [0.15, 0.2) is 24.3 Å². The average Bonchev–Trinajstić information content (AvgIpc) is 3.11. The molecule has 2 atom stereocenters. The molecule has 10 heteroatoms. The first-order valence-corrected chi connectivity index (χ1v) is 9.49. The van der Waals surface area contributed by atoms with E-state index in [0.29, 0.717) is 11.1 Å². The van der Waals surface area contributed by atoms with Gasteiger partial charge in [0.1, 0.15) is 24.1 Å². The summed E-state index contributed by atoms with van der Waals surface area (Å²) in [6, 6.07) is 6.92. The first-order valence-electron chi connectivity index (χ1n) is 9.49. The number of nitrogens with two attached hydrogens (primary N) is 1. The molecule has 10 nitrogen and oxygen atoms in total. The number of hydroxylamine groups is 1. The van der Waals surface area contributed by atoms with Crippen molar-refractivity contribution in [3.8, 4) is 29.6 Å². The number of hydrogen-bond donors (Lipinski definition) is 4. The lowest BCUT2D eigenvalue weighted by Crippen LogP contribution is -2.35. The Kier molecular flexibility index (Phi) is 6.72. The summed E-state index contributed by atoms with van der Waals surface area (Å²) in [7, 11) is 0. The van der Waals surface area contributed by atoms with Crippen LogP contribution in [0.4, 0.5) is 5.82 Å². The molecule has 2 heterocycles. The summed E-state index contributed by atoms with van der Waals surface area (Å²) in [5.74, 6) is 1.64. The molecule has 0 spiro atoms. The van der Waals surface area contributed by atoms with Gasteiger partial charge < -0.3 is 25.4 Å². The smallest absolute Gasteiger partial charge is 0.284 e. The molecule has 1 saturated heterocycles. The number of amides is 1. The summed E-state index contributed by atoms with van der Waals surface area (Å²) in [6.45, 7) is 3.08. The van der Waals surface area contributed by atoms with E-state index < -0.39 is 23.7 Å². The van der Waals surface area contributed by atoms with Crippen molar-refractivity contribution in [3.63, 3.8) is 0 Å². The third-order valence-electron chi connectivity index (χ3n) is 4.27. The molecule has 5 N–H and O–H groups in total. The number of hydrogen-bond acceptors (Lipinski definition) is 9. The van der Waals surface area contributed by atoms with Crippen LogP contribution in [0.3, 0.4) is 0 Å². The van der Waals surface area contributed by atoms with Crippen LogP contribution in [-0.4, -0.2) is 63.7 Å². The lowest BCUT2D eigenvalue weighted by molar-refractivity contribution is -0.0523. The van der Waals surface area contributed by atoms with Crippen LogP contribution in [0.2, 0.25) is 0 Å². The largest absolute Gasteiger partial charge is 0.468 e. The monoisotopic (exact) mass is 428 g/mol. The molecule has 1 aromatic carbocycles. The zero-order valence-corrected chi connectivity index (χ0v) is 17.2. The molecule has 1 aromatic heterocycles. The number of benzene rings is 1. The fraction of sp³-hybridized carbons (Fsp3) is 0.381. The van der Waals surface area contributed by atoms with Crippen molar-refractivity contribution in [1.82, 2.24) is 15.4 Å². The second-order valence-corrected chi connectivity index (χ2v) is 7.63.